The summed E-state index contributed by atoms with van der Waals surface area (Å²) in [6.45, 7) is 10.1. The Hall–Kier alpha value is -1.72. The lowest BCUT2D eigenvalue weighted by Crippen LogP contribution is -2.44. The molecular weight excluding hydrogens is 290 g/mol. The second-order valence-corrected chi connectivity index (χ2v) is 6.62. The van der Waals surface area contributed by atoms with Gasteiger partial charge in [0.25, 0.3) is 0 Å². The van der Waals surface area contributed by atoms with E-state index in [2.05, 4.69) is 67.0 Å². The Morgan fingerprint density at radius 1 is 1.13 bits per heavy atom. The van der Waals surface area contributed by atoms with E-state index in [4.69, 9.17) is 9.26 Å². The van der Waals surface area contributed by atoms with Crippen molar-refractivity contribution in [2.24, 2.45) is 0 Å². The van der Waals surface area contributed by atoms with Gasteiger partial charge in [-0.2, -0.15) is 4.98 Å². The highest BCUT2D eigenvalue weighted by Crippen LogP contribution is 2.30. The van der Waals surface area contributed by atoms with E-state index in [0.29, 0.717) is 5.89 Å². The normalized spacial score (nSPS) is 24.0. The van der Waals surface area contributed by atoms with Gasteiger partial charge in [0, 0.05) is 19.0 Å². The van der Waals surface area contributed by atoms with Crippen molar-refractivity contribution in [1.82, 2.24) is 15.0 Å². The third kappa shape index (κ3) is 3.62. The molecule has 0 saturated carbocycles. The number of ether oxygens (including phenoxy) is 1. The molecule has 1 aromatic carbocycles. The van der Waals surface area contributed by atoms with Gasteiger partial charge in [-0.3, -0.25) is 4.90 Å². The molecule has 0 N–H and O–H groups in total. The Balaban J connectivity index is 1.75. The average molecular weight is 315 g/mol. The minimum Gasteiger partial charge on any atom is -0.368 e. The Kier molecular flexibility index (Phi) is 4.78. The minimum atomic E-state index is 0.0786. The van der Waals surface area contributed by atoms with E-state index in [9.17, 15) is 0 Å². The molecule has 0 spiro atoms. The van der Waals surface area contributed by atoms with Crippen molar-refractivity contribution in [1.29, 1.82) is 0 Å². The smallest absolute Gasteiger partial charge is 0.243 e. The molecule has 1 aliphatic rings. The quantitative estimate of drug-likeness (QED) is 0.860. The zero-order valence-electron chi connectivity index (χ0n) is 14.3. The van der Waals surface area contributed by atoms with Gasteiger partial charge in [-0.1, -0.05) is 49.3 Å². The largest absolute Gasteiger partial charge is 0.368 e. The number of benzene rings is 1. The van der Waals surface area contributed by atoms with Crippen LogP contribution in [0.5, 0.6) is 0 Å². The molecule has 124 valence electrons. The fraction of sp³-hybridized carbons (Fsp3) is 0.556. The maximum Gasteiger partial charge on any atom is 0.243 e. The van der Waals surface area contributed by atoms with Crippen LogP contribution in [-0.2, 0) is 4.74 Å². The predicted molar refractivity (Wildman–Crippen MR) is 88.1 cm³/mol. The van der Waals surface area contributed by atoms with Crippen LogP contribution in [-0.4, -0.2) is 34.2 Å². The van der Waals surface area contributed by atoms with Crippen molar-refractivity contribution in [3.63, 3.8) is 0 Å². The molecule has 0 aliphatic carbocycles. The van der Waals surface area contributed by atoms with Gasteiger partial charge in [-0.15, -0.1) is 0 Å². The van der Waals surface area contributed by atoms with Gasteiger partial charge in [-0.25, -0.2) is 0 Å². The van der Waals surface area contributed by atoms with E-state index in [1.807, 2.05) is 6.07 Å². The van der Waals surface area contributed by atoms with Gasteiger partial charge in [0.15, 0.2) is 5.82 Å². The first-order chi connectivity index (χ1) is 11.0. The molecule has 5 nitrogen and oxygen atoms in total. The van der Waals surface area contributed by atoms with Crippen LogP contribution >= 0.6 is 0 Å². The van der Waals surface area contributed by atoms with Gasteiger partial charge >= 0.3 is 0 Å². The van der Waals surface area contributed by atoms with Gasteiger partial charge in [-0.05, 0) is 19.4 Å². The summed E-state index contributed by atoms with van der Waals surface area (Å²) < 4.78 is 11.6. The SMILES string of the molecule is CC(C)c1noc([C@H](C)N2C[C@@H](C)O[C@@H](c3ccccc3)C2)n1. The third-order valence-corrected chi connectivity index (χ3v) is 4.34. The topological polar surface area (TPSA) is 51.4 Å². The zero-order chi connectivity index (χ0) is 16.4. The summed E-state index contributed by atoms with van der Waals surface area (Å²) in [5.41, 5.74) is 1.21. The maximum atomic E-state index is 6.12. The molecule has 23 heavy (non-hydrogen) atoms. The second-order valence-electron chi connectivity index (χ2n) is 6.62. The highest BCUT2D eigenvalue weighted by Gasteiger charge is 2.32. The summed E-state index contributed by atoms with van der Waals surface area (Å²) in [7, 11) is 0. The molecule has 1 aliphatic heterocycles. The Morgan fingerprint density at radius 2 is 1.87 bits per heavy atom. The van der Waals surface area contributed by atoms with E-state index in [-0.39, 0.29) is 24.2 Å². The standard InChI is InChI=1S/C18H25N3O2/c1-12(2)17-19-18(23-20-17)14(4)21-10-13(3)22-16(11-21)15-8-6-5-7-9-15/h5-9,12-14,16H,10-11H2,1-4H3/t13-,14+,16-/m1/s1. The van der Waals surface area contributed by atoms with Crippen LogP contribution in [0.25, 0.3) is 0 Å². The van der Waals surface area contributed by atoms with E-state index >= 15 is 0 Å². The van der Waals surface area contributed by atoms with Crippen LogP contribution in [0.2, 0.25) is 0 Å². The van der Waals surface area contributed by atoms with E-state index in [1.54, 1.807) is 0 Å². The number of morpholine rings is 1. The maximum absolute atomic E-state index is 6.12. The fourth-order valence-corrected chi connectivity index (χ4v) is 2.96. The Bertz CT molecular complexity index is 626. The molecule has 1 fully saturated rings. The molecule has 0 bridgehead atoms. The van der Waals surface area contributed by atoms with Gasteiger partial charge < -0.3 is 9.26 Å². The molecule has 0 unspecified atom stereocenters. The molecule has 1 aromatic heterocycles. The van der Waals surface area contributed by atoms with Crippen LogP contribution in [0.3, 0.4) is 0 Å². The number of aromatic nitrogens is 2. The minimum absolute atomic E-state index is 0.0786. The van der Waals surface area contributed by atoms with Crippen molar-refractivity contribution in [2.45, 2.75) is 51.9 Å². The first-order valence-electron chi connectivity index (χ1n) is 8.32. The fourth-order valence-electron chi connectivity index (χ4n) is 2.96. The van der Waals surface area contributed by atoms with Crippen molar-refractivity contribution >= 4 is 0 Å². The molecule has 3 rings (SSSR count). The van der Waals surface area contributed by atoms with Crippen LogP contribution in [0.1, 0.15) is 63.0 Å². The first-order valence-corrected chi connectivity index (χ1v) is 8.32. The van der Waals surface area contributed by atoms with Crippen LogP contribution < -0.4 is 0 Å². The lowest BCUT2D eigenvalue weighted by Gasteiger charge is -2.39. The van der Waals surface area contributed by atoms with Gasteiger partial charge in [0.2, 0.25) is 5.89 Å². The number of hydrogen-bond acceptors (Lipinski definition) is 5. The summed E-state index contributed by atoms with van der Waals surface area (Å²) >= 11 is 0. The van der Waals surface area contributed by atoms with Gasteiger partial charge in [0.05, 0.1) is 18.2 Å². The van der Waals surface area contributed by atoms with Crippen LogP contribution in [0.4, 0.5) is 0 Å². The molecule has 1 saturated heterocycles. The molecule has 2 heterocycles. The molecule has 5 heteroatoms. The highest BCUT2D eigenvalue weighted by atomic mass is 16.5. The summed E-state index contributed by atoms with van der Waals surface area (Å²) in [6, 6.07) is 10.5. The molecule has 2 aromatic rings. The van der Waals surface area contributed by atoms with E-state index < -0.39 is 0 Å². The van der Waals surface area contributed by atoms with Gasteiger partial charge in [0.1, 0.15) is 0 Å². The van der Waals surface area contributed by atoms with Crippen molar-refractivity contribution in [2.75, 3.05) is 13.1 Å². The second kappa shape index (κ2) is 6.81. The number of nitrogens with zero attached hydrogens (tertiary/aromatic N) is 3. The highest BCUT2D eigenvalue weighted by molar-refractivity contribution is 5.18. The average Bonchev–Trinajstić information content (AvgIpc) is 3.04. The third-order valence-electron chi connectivity index (χ3n) is 4.34. The molecular formula is C18H25N3O2. The number of hydrogen-bond donors (Lipinski definition) is 0. The lowest BCUT2D eigenvalue weighted by atomic mass is 10.1. The summed E-state index contributed by atoms with van der Waals surface area (Å²) in [6.07, 6.45) is 0.249. The molecule has 0 amide bonds. The van der Waals surface area contributed by atoms with Crippen molar-refractivity contribution in [3.8, 4) is 0 Å². The Morgan fingerprint density at radius 3 is 2.52 bits per heavy atom. The van der Waals surface area contributed by atoms with Crippen LogP contribution in [0.15, 0.2) is 34.9 Å². The zero-order valence-corrected chi connectivity index (χ0v) is 14.3. The van der Waals surface area contributed by atoms with Crippen LogP contribution in [0, 0.1) is 0 Å². The number of rotatable bonds is 4. The first kappa shape index (κ1) is 16.1. The van der Waals surface area contributed by atoms with Crippen molar-refractivity contribution < 1.29 is 9.26 Å². The van der Waals surface area contributed by atoms with E-state index in [0.717, 1.165) is 18.9 Å². The predicted octanol–water partition coefficient (Wildman–Crippen LogP) is 3.72. The summed E-state index contributed by atoms with van der Waals surface area (Å²) in [4.78, 5) is 6.91. The Labute approximate surface area is 137 Å². The molecule has 0 radical (unpaired) electrons. The molecule has 3 atom stereocenters. The van der Waals surface area contributed by atoms with E-state index in [1.165, 1.54) is 5.56 Å². The summed E-state index contributed by atoms with van der Waals surface area (Å²) in [5.74, 6) is 1.74. The van der Waals surface area contributed by atoms with Crippen molar-refractivity contribution in [3.05, 3.63) is 47.6 Å². The summed E-state index contributed by atoms with van der Waals surface area (Å²) in [5, 5.41) is 4.08. The lowest BCUT2D eigenvalue weighted by molar-refractivity contribution is -0.0922. The monoisotopic (exact) mass is 315 g/mol.